The highest BCUT2D eigenvalue weighted by Crippen LogP contribution is 2.30. The maximum Gasteiger partial charge on any atom is 0.243 e. The Bertz CT molecular complexity index is 949. The van der Waals surface area contributed by atoms with Crippen molar-refractivity contribution < 1.29 is 14.7 Å². The van der Waals surface area contributed by atoms with Crippen molar-refractivity contribution in [3.63, 3.8) is 0 Å². The molecule has 0 aliphatic heterocycles. The minimum Gasteiger partial charge on any atom is -0.493 e. The van der Waals surface area contributed by atoms with Gasteiger partial charge in [-0.3, -0.25) is 10.0 Å². The third kappa shape index (κ3) is 4.26. The number of rotatable bonds is 7. The number of para-hydroxylation sites is 1. The largest absolute Gasteiger partial charge is 0.493 e. The maximum atomic E-state index is 11.4. The van der Waals surface area contributed by atoms with E-state index >= 15 is 0 Å². The zero-order valence-electron chi connectivity index (χ0n) is 15.0. The van der Waals surface area contributed by atoms with Gasteiger partial charge >= 0.3 is 0 Å². The van der Waals surface area contributed by atoms with Crippen LogP contribution in [0.3, 0.4) is 0 Å². The lowest BCUT2D eigenvalue weighted by Crippen LogP contribution is -2.18. The van der Waals surface area contributed by atoms with Crippen LogP contribution >= 0.6 is 0 Å². The minimum absolute atomic E-state index is 0.220. The van der Waals surface area contributed by atoms with Gasteiger partial charge in [0.25, 0.3) is 0 Å². The van der Waals surface area contributed by atoms with Crippen LogP contribution in [0, 0.1) is 5.92 Å². The van der Waals surface area contributed by atoms with E-state index < -0.39 is 5.91 Å². The van der Waals surface area contributed by atoms with Gasteiger partial charge in [-0.1, -0.05) is 18.2 Å². The van der Waals surface area contributed by atoms with E-state index in [2.05, 4.69) is 0 Å². The summed E-state index contributed by atoms with van der Waals surface area (Å²) in [5.74, 6) is 1.21. The molecular formula is C22H22N2O3. The van der Waals surface area contributed by atoms with E-state index in [1.807, 2.05) is 54.6 Å². The van der Waals surface area contributed by atoms with Crippen molar-refractivity contribution in [3.8, 4) is 17.0 Å². The number of fused-ring (bicyclic) bond motifs is 1. The lowest BCUT2D eigenvalue weighted by atomic mass is 10.0. The number of nitrogens with one attached hydrogen (secondary N) is 1. The van der Waals surface area contributed by atoms with Crippen LogP contribution < -0.4 is 10.2 Å². The SMILES string of the molecule is O=C(CCc1cc(-c2ccc(OCC3CC3)cc2)nc2ccccc12)NO. The lowest BCUT2D eigenvalue weighted by molar-refractivity contribution is -0.129. The number of carbonyl (C=O) groups is 1. The Hall–Kier alpha value is -2.92. The van der Waals surface area contributed by atoms with Crippen molar-refractivity contribution in [2.24, 2.45) is 5.92 Å². The second kappa shape index (κ2) is 7.76. The molecular weight excluding hydrogens is 340 g/mol. The number of aryl methyl sites for hydroxylation is 1. The number of pyridine rings is 1. The zero-order valence-corrected chi connectivity index (χ0v) is 15.0. The standard InChI is InChI=1S/C22H22N2O3/c25-22(24-26)12-9-17-13-21(23-20-4-2-1-3-19(17)20)16-7-10-18(11-8-16)27-14-15-5-6-15/h1-4,7-8,10-11,13,15,26H,5-6,9,12,14H2,(H,24,25). The highest BCUT2D eigenvalue weighted by Gasteiger charge is 2.21. The van der Waals surface area contributed by atoms with Crippen LogP contribution in [0.15, 0.2) is 54.6 Å². The van der Waals surface area contributed by atoms with E-state index in [0.29, 0.717) is 6.42 Å². The van der Waals surface area contributed by atoms with Crippen molar-refractivity contribution in [2.45, 2.75) is 25.7 Å². The van der Waals surface area contributed by atoms with Crippen molar-refractivity contribution in [3.05, 3.63) is 60.2 Å². The number of carbonyl (C=O) groups excluding carboxylic acids is 1. The second-order valence-corrected chi connectivity index (χ2v) is 7.00. The summed E-state index contributed by atoms with van der Waals surface area (Å²) in [6, 6.07) is 17.9. The molecule has 5 nitrogen and oxygen atoms in total. The summed E-state index contributed by atoms with van der Waals surface area (Å²) in [6.07, 6.45) is 3.30. The molecule has 0 atom stereocenters. The molecule has 1 saturated carbocycles. The molecule has 4 rings (SSSR count). The second-order valence-electron chi connectivity index (χ2n) is 7.00. The Labute approximate surface area is 158 Å². The molecule has 1 aliphatic rings. The van der Waals surface area contributed by atoms with E-state index in [-0.39, 0.29) is 6.42 Å². The Morgan fingerprint density at radius 3 is 2.67 bits per heavy atom. The predicted molar refractivity (Wildman–Crippen MR) is 104 cm³/mol. The number of ether oxygens (including phenoxy) is 1. The first-order valence-electron chi connectivity index (χ1n) is 9.28. The molecule has 2 aromatic carbocycles. The van der Waals surface area contributed by atoms with Gasteiger partial charge < -0.3 is 4.74 Å². The monoisotopic (exact) mass is 362 g/mol. The molecule has 1 aliphatic carbocycles. The third-order valence-electron chi connectivity index (χ3n) is 4.88. The summed E-state index contributed by atoms with van der Waals surface area (Å²) < 4.78 is 5.80. The lowest BCUT2D eigenvalue weighted by Gasteiger charge is -2.11. The van der Waals surface area contributed by atoms with Crippen LogP contribution in [-0.4, -0.2) is 22.7 Å². The van der Waals surface area contributed by atoms with Crippen molar-refractivity contribution in [1.82, 2.24) is 10.5 Å². The van der Waals surface area contributed by atoms with Gasteiger partial charge in [0, 0.05) is 17.4 Å². The van der Waals surface area contributed by atoms with Crippen molar-refractivity contribution in [1.29, 1.82) is 0 Å². The van der Waals surface area contributed by atoms with Gasteiger partial charge in [0.1, 0.15) is 5.75 Å². The third-order valence-corrected chi connectivity index (χ3v) is 4.88. The zero-order chi connectivity index (χ0) is 18.6. The van der Waals surface area contributed by atoms with Crippen molar-refractivity contribution >= 4 is 16.8 Å². The minimum atomic E-state index is -0.394. The van der Waals surface area contributed by atoms with Gasteiger partial charge in [0.2, 0.25) is 5.91 Å². The Kier molecular flexibility index (Phi) is 5.03. The summed E-state index contributed by atoms with van der Waals surface area (Å²) in [5.41, 5.74) is 5.49. The Morgan fingerprint density at radius 2 is 1.93 bits per heavy atom. The molecule has 2 N–H and O–H groups in total. The van der Waals surface area contributed by atoms with Gasteiger partial charge in [-0.05, 0) is 67.1 Å². The Balaban J connectivity index is 1.61. The van der Waals surface area contributed by atoms with E-state index in [4.69, 9.17) is 14.9 Å². The number of nitrogens with zero attached hydrogens (tertiary/aromatic N) is 1. The fourth-order valence-corrected chi connectivity index (χ4v) is 3.13. The molecule has 27 heavy (non-hydrogen) atoms. The average Bonchev–Trinajstić information content (AvgIpc) is 3.55. The predicted octanol–water partition coefficient (Wildman–Crippen LogP) is 4.13. The summed E-state index contributed by atoms with van der Waals surface area (Å²) in [4.78, 5) is 16.2. The van der Waals surface area contributed by atoms with E-state index in [9.17, 15) is 4.79 Å². The topological polar surface area (TPSA) is 71.5 Å². The normalized spacial score (nSPS) is 13.5. The fraction of sp³-hybridized carbons (Fsp3) is 0.273. The first-order chi connectivity index (χ1) is 13.2. The molecule has 138 valence electrons. The smallest absolute Gasteiger partial charge is 0.243 e. The summed E-state index contributed by atoms with van der Waals surface area (Å²) in [5, 5.41) is 9.77. The Morgan fingerprint density at radius 1 is 1.15 bits per heavy atom. The van der Waals surface area contributed by atoms with Crippen LogP contribution in [0.2, 0.25) is 0 Å². The molecule has 1 aromatic heterocycles. The van der Waals surface area contributed by atoms with Crippen LogP contribution in [0.25, 0.3) is 22.2 Å². The molecule has 1 fully saturated rings. The van der Waals surface area contributed by atoms with Crippen molar-refractivity contribution in [2.75, 3.05) is 6.61 Å². The first-order valence-corrected chi connectivity index (χ1v) is 9.28. The highest BCUT2D eigenvalue weighted by molar-refractivity contribution is 5.86. The molecule has 5 heteroatoms. The molecule has 0 saturated heterocycles. The van der Waals surface area contributed by atoms with Gasteiger partial charge in [0.15, 0.2) is 0 Å². The van der Waals surface area contributed by atoms with Crippen LogP contribution in [-0.2, 0) is 11.2 Å². The van der Waals surface area contributed by atoms with E-state index in [1.165, 1.54) is 12.8 Å². The number of hydroxylamine groups is 1. The molecule has 1 heterocycles. The van der Waals surface area contributed by atoms with Gasteiger partial charge in [-0.25, -0.2) is 10.5 Å². The van der Waals surface area contributed by atoms with Crippen LogP contribution in [0.4, 0.5) is 0 Å². The number of amides is 1. The first kappa shape index (κ1) is 17.5. The average molecular weight is 362 g/mol. The quantitative estimate of drug-likeness (QED) is 0.490. The molecule has 0 bridgehead atoms. The van der Waals surface area contributed by atoms with Gasteiger partial charge in [0.05, 0.1) is 17.8 Å². The number of hydrogen-bond donors (Lipinski definition) is 2. The number of hydrogen-bond acceptors (Lipinski definition) is 4. The van der Waals surface area contributed by atoms with Crippen LogP contribution in [0.5, 0.6) is 5.75 Å². The summed E-state index contributed by atoms with van der Waals surface area (Å²) >= 11 is 0. The molecule has 0 radical (unpaired) electrons. The van der Waals surface area contributed by atoms with Gasteiger partial charge in [-0.15, -0.1) is 0 Å². The molecule has 3 aromatic rings. The number of benzene rings is 2. The maximum absolute atomic E-state index is 11.4. The highest BCUT2D eigenvalue weighted by atomic mass is 16.5. The van der Waals surface area contributed by atoms with Gasteiger partial charge in [-0.2, -0.15) is 0 Å². The summed E-state index contributed by atoms with van der Waals surface area (Å²) in [7, 11) is 0. The van der Waals surface area contributed by atoms with Crippen LogP contribution in [0.1, 0.15) is 24.8 Å². The van der Waals surface area contributed by atoms with E-state index in [0.717, 1.165) is 46.0 Å². The molecule has 0 unspecified atom stereocenters. The van der Waals surface area contributed by atoms with E-state index in [1.54, 1.807) is 5.48 Å². The summed E-state index contributed by atoms with van der Waals surface area (Å²) in [6.45, 7) is 0.796. The molecule has 0 spiro atoms. The molecule has 1 amide bonds. The fourth-order valence-electron chi connectivity index (χ4n) is 3.13. The number of aromatic nitrogens is 1.